The lowest BCUT2D eigenvalue weighted by Crippen LogP contribution is -2.31. The number of aromatic nitrogens is 1. The Morgan fingerprint density at radius 2 is 2.36 bits per heavy atom. The smallest absolute Gasteiger partial charge is 0.0928 e. The molecule has 1 aromatic heterocycles. The number of H-pyrrole nitrogens is 1. The normalized spacial score (nSPS) is 13.0. The van der Waals surface area contributed by atoms with Gasteiger partial charge in [0.2, 0.25) is 0 Å². The van der Waals surface area contributed by atoms with Gasteiger partial charge < -0.3 is 19.8 Å². The molecule has 1 rings (SSSR count). The summed E-state index contributed by atoms with van der Waals surface area (Å²) in [4.78, 5) is 3.13. The molecule has 0 bridgehead atoms. The zero-order chi connectivity index (χ0) is 10.2. The van der Waals surface area contributed by atoms with E-state index in [1.807, 2.05) is 18.3 Å². The minimum Gasteiger partial charge on any atom is -0.382 e. The molecule has 0 amide bonds. The van der Waals surface area contributed by atoms with Gasteiger partial charge in [0, 0.05) is 39.2 Å². The maximum Gasteiger partial charge on any atom is 0.0928 e. The van der Waals surface area contributed by atoms with E-state index < -0.39 is 0 Å². The molecule has 0 spiro atoms. The molecule has 0 fully saturated rings. The van der Waals surface area contributed by atoms with Gasteiger partial charge in [0.25, 0.3) is 0 Å². The molecule has 0 radical (unpaired) electrons. The van der Waals surface area contributed by atoms with Crippen LogP contribution in [0.3, 0.4) is 0 Å². The average molecular weight is 198 g/mol. The second-order valence-corrected chi connectivity index (χ2v) is 3.14. The first-order chi connectivity index (χ1) is 6.86. The second kappa shape index (κ2) is 6.59. The number of hydrogen-bond acceptors (Lipinski definition) is 3. The number of hydrogen-bond donors (Lipinski definition) is 2. The Hall–Kier alpha value is -0.840. The highest BCUT2D eigenvalue weighted by molar-refractivity contribution is 5.02. The summed E-state index contributed by atoms with van der Waals surface area (Å²) in [5, 5.41) is 3.29. The van der Waals surface area contributed by atoms with E-state index in [1.165, 1.54) is 5.69 Å². The van der Waals surface area contributed by atoms with Gasteiger partial charge in [0.15, 0.2) is 0 Å². The Balaban J connectivity index is 2.13. The van der Waals surface area contributed by atoms with Crippen LogP contribution in [0.15, 0.2) is 18.3 Å². The molecule has 80 valence electrons. The summed E-state index contributed by atoms with van der Waals surface area (Å²) in [6.45, 7) is 2.24. The molecule has 1 unspecified atom stereocenters. The molecule has 1 heterocycles. The number of nitrogens with one attached hydrogen (secondary N) is 2. The Kier molecular flexibility index (Phi) is 5.29. The highest BCUT2D eigenvalue weighted by atomic mass is 16.5. The van der Waals surface area contributed by atoms with E-state index in [0.717, 1.165) is 13.1 Å². The molecule has 4 heteroatoms. The van der Waals surface area contributed by atoms with Gasteiger partial charge in [-0.15, -0.1) is 0 Å². The summed E-state index contributed by atoms with van der Waals surface area (Å²) in [5.74, 6) is 0. The summed E-state index contributed by atoms with van der Waals surface area (Å²) in [5.41, 5.74) is 1.18. The van der Waals surface area contributed by atoms with Gasteiger partial charge in [-0.3, -0.25) is 0 Å². The molecule has 14 heavy (non-hydrogen) atoms. The molecule has 0 aliphatic heterocycles. The third-order valence-electron chi connectivity index (χ3n) is 2.04. The fraction of sp³-hybridized carbons (Fsp3) is 0.600. The van der Waals surface area contributed by atoms with Gasteiger partial charge in [-0.05, 0) is 12.1 Å². The summed E-state index contributed by atoms with van der Waals surface area (Å²) in [7, 11) is 3.37. The van der Waals surface area contributed by atoms with E-state index in [-0.39, 0.29) is 6.10 Å². The van der Waals surface area contributed by atoms with Crippen molar-refractivity contribution >= 4 is 0 Å². The number of rotatable bonds is 7. The molecule has 2 N–H and O–H groups in total. The van der Waals surface area contributed by atoms with Crippen molar-refractivity contribution in [2.45, 2.75) is 12.6 Å². The van der Waals surface area contributed by atoms with E-state index >= 15 is 0 Å². The lowest BCUT2D eigenvalue weighted by molar-refractivity contribution is 0.0287. The molecule has 4 nitrogen and oxygen atoms in total. The van der Waals surface area contributed by atoms with E-state index in [0.29, 0.717) is 6.61 Å². The van der Waals surface area contributed by atoms with Gasteiger partial charge >= 0.3 is 0 Å². The molecule has 0 aliphatic carbocycles. The number of methoxy groups -OCH3 is 2. The summed E-state index contributed by atoms with van der Waals surface area (Å²) < 4.78 is 10.2. The third-order valence-corrected chi connectivity index (χ3v) is 2.04. The van der Waals surface area contributed by atoms with Crippen molar-refractivity contribution in [3.05, 3.63) is 24.0 Å². The van der Waals surface area contributed by atoms with Crippen LogP contribution in [-0.2, 0) is 16.0 Å². The topological polar surface area (TPSA) is 46.3 Å². The van der Waals surface area contributed by atoms with Gasteiger partial charge in [0.1, 0.15) is 0 Å². The molecule has 0 saturated heterocycles. The fourth-order valence-electron chi connectivity index (χ4n) is 1.24. The van der Waals surface area contributed by atoms with Crippen LogP contribution in [0.1, 0.15) is 5.69 Å². The van der Waals surface area contributed by atoms with E-state index in [9.17, 15) is 0 Å². The van der Waals surface area contributed by atoms with Crippen LogP contribution in [0, 0.1) is 0 Å². The maximum atomic E-state index is 5.21. The maximum absolute atomic E-state index is 5.21. The quantitative estimate of drug-likeness (QED) is 0.680. The SMILES string of the molecule is COCC(CNCc1ccc[nH]1)OC. The zero-order valence-corrected chi connectivity index (χ0v) is 8.75. The average Bonchev–Trinajstić information content (AvgIpc) is 2.69. The van der Waals surface area contributed by atoms with Crippen molar-refractivity contribution < 1.29 is 9.47 Å². The van der Waals surface area contributed by atoms with Crippen molar-refractivity contribution in [1.82, 2.24) is 10.3 Å². The Morgan fingerprint density at radius 3 is 2.93 bits per heavy atom. The van der Waals surface area contributed by atoms with Crippen LogP contribution in [-0.4, -0.2) is 38.5 Å². The minimum atomic E-state index is 0.120. The van der Waals surface area contributed by atoms with Gasteiger partial charge in [-0.1, -0.05) is 0 Å². The van der Waals surface area contributed by atoms with E-state index in [1.54, 1.807) is 14.2 Å². The second-order valence-electron chi connectivity index (χ2n) is 3.14. The third kappa shape index (κ3) is 3.91. The fourth-order valence-corrected chi connectivity index (χ4v) is 1.24. The molecule has 0 aromatic carbocycles. The molecular formula is C10H18N2O2. The number of ether oxygens (including phenoxy) is 2. The first-order valence-corrected chi connectivity index (χ1v) is 4.71. The van der Waals surface area contributed by atoms with E-state index in [2.05, 4.69) is 10.3 Å². The van der Waals surface area contributed by atoms with Crippen molar-refractivity contribution in [3.63, 3.8) is 0 Å². The predicted octanol–water partition coefficient (Wildman–Crippen LogP) is 0.766. The Labute approximate surface area is 84.6 Å². The Morgan fingerprint density at radius 1 is 1.50 bits per heavy atom. The highest BCUT2D eigenvalue weighted by Gasteiger charge is 2.05. The Bertz CT molecular complexity index is 224. The van der Waals surface area contributed by atoms with Crippen LogP contribution in [0.25, 0.3) is 0 Å². The van der Waals surface area contributed by atoms with Gasteiger partial charge in [0.05, 0.1) is 12.7 Å². The first kappa shape index (κ1) is 11.2. The van der Waals surface area contributed by atoms with Crippen LogP contribution in [0.2, 0.25) is 0 Å². The summed E-state index contributed by atoms with van der Waals surface area (Å²) in [6, 6.07) is 4.03. The van der Waals surface area contributed by atoms with Crippen molar-refractivity contribution in [3.8, 4) is 0 Å². The highest BCUT2D eigenvalue weighted by Crippen LogP contribution is 1.94. The molecule has 1 atom stereocenters. The zero-order valence-electron chi connectivity index (χ0n) is 8.75. The van der Waals surface area contributed by atoms with Gasteiger partial charge in [-0.25, -0.2) is 0 Å². The largest absolute Gasteiger partial charge is 0.382 e. The lowest BCUT2D eigenvalue weighted by Gasteiger charge is -2.14. The van der Waals surface area contributed by atoms with Crippen molar-refractivity contribution in [2.75, 3.05) is 27.4 Å². The monoisotopic (exact) mass is 198 g/mol. The van der Waals surface area contributed by atoms with Crippen molar-refractivity contribution in [1.29, 1.82) is 0 Å². The van der Waals surface area contributed by atoms with Crippen LogP contribution in [0.4, 0.5) is 0 Å². The standard InChI is InChI=1S/C10H18N2O2/c1-13-8-10(14-2)7-11-6-9-4-3-5-12-9/h3-5,10-12H,6-8H2,1-2H3. The molecular weight excluding hydrogens is 180 g/mol. The minimum absolute atomic E-state index is 0.120. The first-order valence-electron chi connectivity index (χ1n) is 4.71. The van der Waals surface area contributed by atoms with Gasteiger partial charge in [-0.2, -0.15) is 0 Å². The van der Waals surface area contributed by atoms with Crippen LogP contribution >= 0.6 is 0 Å². The number of aromatic amines is 1. The summed E-state index contributed by atoms with van der Waals surface area (Å²) >= 11 is 0. The molecule has 0 aliphatic rings. The van der Waals surface area contributed by atoms with Crippen molar-refractivity contribution in [2.24, 2.45) is 0 Å². The van der Waals surface area contributed by atoms with E-state index in [4.69, 9.17) is 9.47 Å². The molecule has 1 aromatic rings. The predicted molar refractivity (Wildman–Crippen MR) is 55.2 cm³/mol. The lowest BCUT2D eigenvalue weighted by atomic mass is 10.3. The van der Waals surface area contributed by atoms with Crippen LogP contribution in [0.5, 0.6) is 0 Å². The summed E-state index contributed by atoms with van der Waals surface area (Å²) in [6.07, 6.45) is 2.04. The molecule has 0 saturated carbocycles. The van der Waals surface area contributed by atoms with Crippen LogP contribution < -0.4 is 5.32 Å².